The topological polar surface area (TPSA) is 79.5 Å². The predicted molar refractivity (Wildman–Crippen MR) is 97.1 cm³/mol. The van der Waals surface area contributed by atoms with E-state index in [0.717, 1.165) is 35.7 Å². The Kier molecular flexibility index (Phi) is 7.99. The van der Waals surface area contributed by atoms with E-state index in [1.165, 1.54) is 0 Å². The number of halogens is 2. The monoisotopic (exact) mass is 375 g/mol. The van der Waals surface area contributed by atoms with Gasteiger partial charge in [-0.05, 0) is 37.2 Å². The van der Waals surface area contributed by atoms with Gasteiger partial charge in [0, 0.05) is 31.3 Å². The molecule has 0 bridgehead atoms. The van der Waals surface area contributed by atoms with Gasteiger partial charge in [-0.15, -0.1) is 24.8 Å². The molecular formula is C16H23Cl2N3O3. The Morgan fingerprint density at radius 1 is 1.33 bits per heavy atom. The van der Waals surface area contributed by atoms with Gasteiger partial charge in [0.2, 0.25) is 0 Å². The molecule has 6 nitrogen and oxygen atoms in total. The number of methoxy groups -OCH3 is 1. The Hall–Kier alpha value is -1.31. The summed E-state index contributed by atoms with van der Waals surface area (Å²) >= 11 is 0. The van der Waals surface area contributed by atoms with Gasteiger partial charge in [-0.1, -0.05) is 5.16 Å². The summed E-state index contributed by atoms with van der Waals surface area (Å²) in [6.07, 6.45) is 0.774. The zero-order valence-electron chi connectivity index (χ0n) is 13.4. The van der Waals surface area contributed by atoms with E-state index in [-0.39, 0.29) is 24.8 Å². The number of nitrogens with one attached hydrogen (secondary N) is 2. The molecule has 3 N–H and O–H groups in total. The van der Waals surface area contributed by atoms with Crippen LogP contribution in [-0.2, 0) is 6.54 Å². The first-order valence-corrected chi connectivity index (χ1v) is 7.42. The molecule has 1 aliphatic heterocycles. The van der Waals surface area contributed by atoms with Crippen LogP contribution in [0.3, 0.4) is 0 Å². The lowest BCUT2D eigenvalue weighted by molar-refractivity contribution is 0.0607. The van der Waals surface area contributed by atoms with Gasteiger partial charge in [0.15, 0.2) is 5.76 Å². The quantitative estimate of drug-likeness (QED) is 0.716. The summed E-state index contributed by atoms with van der Waals surface area (Å²) in [5.74, 6) is 1.53. The number of ether oxygens (including phenoxy) is 1. The molecule has 1 fully saturated rings. The third kappa shape index (κ3) is 5.09. The van der Waals surface area contributed by atoms with Crippen LogP contribution in [0.15, 0.2) is 34.9 Å². The van der Waals surface area contributed by atoms with Crippen molar-refractivity contribution in [3.05, 3.63) is 36.0 Å². The minimum absolute atomic E-state index is 0. The van der Waals surface area contributed by atoms with Crippen molar-refractivity contribution in [1.29, 1.82) is 0 Å². The largest absolute Gasteiger partial charge is 0.497 e. The van der Waals surface area contributed by atoms with E-state index >= 15 is 0 Å². The number of β-amino-alcohol motifs (C(OH)–C–C–N with tert-alkyl or cyclic N) is 1. The van der Waals surface area contributed by atoms with Crippen LogP contribution in [0.1, 0.15) is 12.1 Å². The van der Waals surface area contributed by atoms with Crippen molar-refractivity contribution >= 4 is 24.8 Å². The van der Waals surface area contributed by atoms with Gasteiger partial charge in [-0.3, -0.25) is 0 Å². The number of benzene rings is 1. The van der Waals surface area contributed by atoms with Crippen LogP contribution >= 0.6 is 24.8 Å². The molecule has 3 rings (SSSR count). The molecule has 134 valence electrons. The first-order chi connectivity index (χ1) is 10.7. The standard InChI is InChI=1S/C16H21N3O3.2ClH/c1-21-14-4-2-12(3-5-14)15-8-13(19-22-15)9-18-11-16(20)6-7-17-10-16;;/h2-5,8,17-18,20H,6-7,9-11H2,1H3;2*1H. The van der Waals surface area contributed by atoms with Gasteiger partial charge >= 0.3 is 0 Å². The Balaban J connectivity index is 0.00000144. The van der Waals surface area contributed by atoms with E-state index in [9.17, 15) is 5.11 Å². The van der Waals surface area contributed by atoms with Crippen molar-refractivity contribution in [3.63, 3.8) is 0 Å². The highest BCUT2D eigenvalue weighted by molar-refractivity contribution is 5.85. The lowest BCUT2D eigenvalue weighted by atomic mass is 10.0. The lowest BCUT2D eigenvalue weighted by Crippen LogP contribution is -2.42. The fourth-order valence-electron chi connectivity index (χ4n) is 2.59. The van der Waals surface area contributed by atoms with Gasteiger partial charge in [-0.2, -0.15) is 0 Å². The average molecular weight is 376 g/mol. The molecule has 0 spiro atoms. The molecule has 1 aromatic carbocycles. The molecule has 1 unspecified atom stereocenters. The maximum atomic E-state index is 10.2. The zero-order valence-corrected chi connectivity index (χ0v) is 15.1. The molecule has 1 saturated heterocycles. The Labute approximate surface area is 153 Å². The van der Waals surface area contributed by atoms with E-state index in [0.29, 0.717) is 19.6 Å². The molecular weight excluding hydrogens is 353 g/mol. The van der Waals surface area contributed by atoms with Gasteiger partial charge in [0.25, 0.3) is 0 Å². The Bertz CT molecular complexity index is 613. The van der Waals surface area contributed by atoms with Crippen molar-refractivity contribution in [3.8, 4) is 17.1 Å². The Morgan fingerprint density at radius 3 is 2.71 bits per heavy atom. The van der Waals surface area contributed by atoms with E-state index in [2.05, 4.69) is 15.8 Å². The summed E-state index contributed by atoms with van der Waals surface area (Å²) in [6.45, 7) is 2.62. The van der Waals surface area contributed by atoms with Crippen molar-refractivity contribution in [2.75, 3.05) is 26.7 Å². The molecule has 0 aliphatic carbocycles. The number of rotatable bonds is 6. The second-order valence-corrected chi connectivity index (χ2v) is 5.67. The normalized spacial score (nSPS) is 19.4. The van der Waals surface area contributed by atoms with E-state index < -0.39 is 5.60 Å². The van der Waals surface area contributed by atoms with Crippen LogP contribution in [0.4, 0.5) is 0 Å². The molecule has 1 atom stereocenters. The molecule has 1 aromatic heterocycles. The summed E-state index contributed by atoms with van der Waals surface area (Å²) in [5.41, 5.74) is 1.13. The fourth-order valence-corrected chi connectivity index (χ4v) is 2.59. The van der Waals surface area contributed by atoms with Crippen molar-refractivity contribution < 1.29 is 14.4 Å². The number of hydrogen-bond acceptors (Lipinski definition) is 6. The highest BCUT2D eigenvalue weighted by atomic mass is 35.5. The van der Waals surface area contributed by atoms with E-state index in [1.807, 2.05) is 30.3 Å². The number of nitrogens with zero attached hydrogens (tertiary/aromatic N) is 1. The lowest BCUT2D eigenvalue weighted by Gasteiger charge is -2.21. The van der Waals surface area contributed by atoms with E-state index in [1.54, 1.807) is 7.11 Å². The summed E-state index contributed by atoms with van der Waals surface area (Å²) in [6, 6.07) is 9.55. The van der Waals surface area contributed by atoms with Crippen molar-refractivity contribution in [2.24, 2.45) is 0 Å². The molecule has 2 heterocycles. The molecule has 0 saturated carbocycles. The number of aliphatic hydroxyl groups is 1. The molecule has 24 heavy (non-hydrogen) atoms. The van der Waals surface area contributed by atoms with Crippen LogP contribution < -0.4 is 15.4 Å². The van der Waals surface area contributed by atoms with Gasteiger partial charge in [0.05, 0.1) is 18.4 Å². The van der Waals surface area contributed by atoms with Crippen molar-refractivity contribution in [1.82, 2.24) is 15.8 Å². The zero-order chi connectivity index (χ0) is 15.4. The number of aromatic nitrogens is 1. The Morgan fingerprint density at radius 2 is 2.08 bits per heavy atom. The van der Waals surface area contributed by atoms with Gasteiger partial charge < -0.3 is 25.0 Å². The molecule has 8 heteroatoms. The maximum absolute atomic E-state index is 10.2. The summed E-state index contributed by atoms with van der Waals surface area (Å²) in [4.78, 5) is 0. The highest BCUT2D eigenvalue weighted by Gasteiger charge is 2.30. The fraction of sp³-hybridized carbons (Fsp3) is 0.438. The first kappa shape index (κ1) is 20.7. The third-order valence-electron chi connectivity index (χ3n) is 3.91. The molecule has 0 amide bonds. The van der Waals surface area contributed by atoms with Crippen LogP contribution in [0, 0.1) is 0 Å². The van der Waals surface area contributed by atoms with Crippen LogP contribution in [0.2, 0.25) is 0 Å². The van der Waals surface area contributed by atoms with Crippen molar-refractivity contribution in [2.45, 2.75) is 18.6 Å². The van der Waals surface area contributed by atoms with Crippen LogP contribution in [-0.4, -0.2) is 42.6 Å². The predicted octanol–water partition coefficient (Wildman–Crippen LogP) is 2.01. The molecule has 0 radical (unpaired) electrons. The highest BCUT2D eigenvalue weighted by Crippen LogP contribution is 2.23. The second kappa shape index (κ2) is 9.25. The average Bonchev–Trinajstić information content (AvgIpc) is 3.17. The first-order valence-electron chi connectivity index (χ1n) is 7.42. The molecule has 2 aromatic rings. The van der Waals surface area contributed by atoms with Crippen LogP contribution in [0.5, 0.6) is 5.75 Å². The van der Waals surface area contributed by atoms with Gasteiger partial charge in [-0.25, -0.2) is 0 Å². The van der Waals surface area contributed by atoms with E-state index in [4.69, 9.17) is 9.26 Å². The smallest absolute Gasteiger partial charge is 0.167 e. The summed E-state index contributed by atoms with van der Waals surface area (Å²) in [7, 11) is 1.64. The molecule has 1 aliphatic rings. The minimum atomic E-state index is -0.650. The summed E-state index contributed by atoms with van der Waals surface area (Å²) < 4.78 is 10.5. The van der Waals surface area contributed by atoms with Crippen LogP contribution in [0.25, 0.3) is 11.3 Å². The number of hydrogen-bond donors (Lipinski definition) is 3. The third-order valence-corrected chi connectivity index (χ3v) is 3.91. The summed E-state index contributed by atoms with van der Waals surface area (Å²) in [5, 5.41) is 20.7. The maximum Gasteiger partial charge on any atom is 0.167 e. The minimum Gasteiger partial charge on any atom is -0.497 e. The SMILES string of the molecule is COc1ccc(-c2cc(CNCC3(O)CCNC3)no2)cc1.Cl.Cl. The second-order valence-electron chi connectivity index (χ2n) is 5.67. The van der Waals surface area contributed by atoms with Gasteiger partial charge in [0.1, 0.15) is 5.75 Å².